The van der Waals surface area contributed by atoms with Crippen molar-refractivity contribution < 1.29 is 0 Å². The monoisotopic (exact) mass is 346 g/mol. The molecule has 0 bridgehead atoms. The van der Waals surface area contributed by atoms with Crippen LogP contribution in [0.3, 0.4) is 0 Å². The summed E-state index contributed by atoms with van der Waals surface area (Å²) in [6, 6.07) is 5.91. The molecule has 5 heteroatoms. The van der Waals surface area contributed by atoms with Crippen molar-refractivity contribution in [2.45, 2.75) is 19.4 Å². The van der Waals surface area contributed by atoms with Gasteiger partial charge in [-0.3, -0.25) is 9.98 Å². The van der Waals surface area contributed by atoms with Gasteiger partial charge in [0.25, 0.3) is 0 Å². The van der Waals surface area contributed by atoms with Crippen LogP contribution in [0.1, 0.15) is 18.5 Å². The second kappa shape index (κ2) is 7.47. The number of rotatable bonds is 4. The molecule has 2 rings (SSSR count). The fourth-order valence-electron chi connectivity index (χ4n) is 1.46. The largest absolute Gasteiger partial charge is 0.356 e. The Hall–Kier alpha value is -0.850. The van der Waals surface area contributed by atoms with Gasteiger partial charge < -0.3 is 10.6 Å². The second-order valence-corrected chi connectivity index (χ2v) is 4.07. The van der Waals surface area contributed by atoms with Crippen LogP contribution in [-0.2, 0) is 6.54 Å². The number of aromatic nitrogens is 1. The summed E-state index contributed by atoms with van der Waals surface area (Å²) in [5.41, 5.74) is 1.02. The highest BCUT2D eigenvalue weighted by Crippen LogP contribution is 2.27. The summed E-state index contributed by atoms with van der Waals surface area (Å²) in [6.45, 7) is 1.74. The molecule has 1 aliphatic carbocycles. The first kappa shape index (κ1) is 14.2. The van der Waals surface area contributed by atoms with Crippen molar-refractivity contribution in [1.82, 2.24) is 15.6 Å². The molecule has 0 aromatic carbocycles. The van der Waals surface area contributed by atoms with E-state index in [1.807, 2.05) is 18.2 Å². The van der Waals surface area contributed by atoms with Crippen LogP contribution in [0.2, 0.25) is 0 Å². The normalized spacial score (nSPS) is 15.0. The molecule has 0 atom stereocenters. The maximum atomic E-state index is 4.25. The van der Waals surface area contributed by atoms with Crippen molar-refractivity contribution >= 4 is 29.9 Å². The molecule has 1 fully saturated rings. The summed E-state index contributed by atoms with van der Waals surface area (Å²) in [5.74, 6) is 1.71. The molecule has 0 radical (unpaired) electrons. The van der Waals surface area contributed by atoms with Gasteiger partial charge in [0.1, 0.15) is 0 Å². The number of guanidine groups is 1. The Morgan fingerprint density at radius 3 is 2.82 bits per heavy atom. The van der Waals surface area contributed by atoms with E-state index < -0.39 is 0 Å². The molecule has 1 aliphatic rings. The molecule has 2 N–H and O–H groups in total. The van der Waals surface area contributed by atoms with Gasteiger partial charge in [-0.1, -0.05) is 6.07 Å². The number of aliphatic imine (C=N–C) groups is 1. The van der Waals surface area contributed by atoms with Crippen molar-refractivity contribution in [3.63, 3.8) is 0 Å². The summed E-state index contributed by atoms with van der Waals surface area (Å²) in [5, 5.41) is 6.56. The van der Waals surface area contributed by atoms with Crippen LogP contribution < -0.4 is 10.6 Å². The molecular formula is C12H19IN4. The SMILES string of the molecule is CN=C(NCc1ccccn1)NCC1CC1.I. The summed E-state index contributed by atoms with van der Waals surface area (Å²) >= 11 is 0. The minimum Gasteiger partial charge on any atom is -0.356 e. The first-order chi connectivity index (χ1) is 7.88. The Kier molecular flexibility index (Phi) is 6.25. The smallest absolute Gasteiger partial charge is 0.191 e. The zero-order valence-electron chi connectivity index (χ0n) is 10.0. The van der Waals surface area contributed by atoms with Gasteiger partial charge in [-0.25, -0.2) is 0 Å². The van der Waals surface area contributed by atoms with Crippen LogP contribution >= 0.6 is 24.0 Å². The number of hydrogen-bond acceptors (Lipinski definition) is 2. The number of nitrogens with one attached hydrogen (secondary N) is 2. The van der Waals surface area contributed by atoms with E-state index in [1.165, 1.54) is 12.8 Å². The van der Waals surface area contributed by atoms with E-state index in [9.17, 15) is 0 Å². The quantitative estimate of drug-likeness (QED) is 0.496. The molecule has 1 aromatic rings. The molecule has 1 saturated carbocycles. The van der Waals surface area contributed by atoms with Crippen molar-refractivity contribution in [2.24, 2.45) is 10.9 Å². The number of nitrogens with zero attached hydrogens (tertiary/aromatic N) is 2. The van der Waals surface area contributed by atoms with E-state index in [4.69, 9.17) is 0 Å². The molecule has 1 aromatic heterocycles. The van der Waals surface area contributed by atoms with Crippen LogP contribution in [0, 0.1) is 5.92 Å². The van der Waals surface area contributed by atoms with E-state index in [2.05, 4.69) is 20.6 Å². The average Bonchev–Trinajstić information content (AvgIpc) is 3.15. The Labute approximate surface area is 119 Å². The molecule has 0 spiro atoms. The lowest BCUT2D eigenvalue weighted by Gasteiger charge is -2.10. The zero-order chi connectivity index (χ0) is 11.2. The molecular weight excluding hydrogens is 327 g/mol. The minimum atomic E-state index is 0. The van der Waals surface area contributed by atoms with Crippen LogP contribution in [0.25, 0.3) is 0 Å². The van der Waals surface area contributed by atoms with Crippen LogP contribution in [-0.4, -0.2) is 24.5 Å². The molecule has 1 heterocycles. The van der Waals surface area contributed by atoms with Gasteiger partial charge in [-0.2, -0.15) is 0 Å². The fraction of sp³-hybridized carbons (Fsp3) is 0.500. The summed E-state index contributed by atoms with van der Waals surface area (Å²) in [7, 11) is 1.79. The van der Waals surface area contributed by atoms with E-state index in [1.54, 1.807) is 13.2 Å². The van der Waals surface area contributed by atoms with Crippen molar-refractivity contribution in [3.8, 4) is 0 Å². The second-order valence-electron chi connectivity index (χ2n) is 4.07. The van der Waals surface area contributed by atoms with Gasteiger partial charge in [0.2, 0.25) is 0 Å². The third-order valence-corrected chi connectivity index (χ3v) is 2.64. The molecule has 0 amide bonds. The molecule has 17 heavy (non-hydrogen) atoms. The average molecular weight is 346 g/mol. The van der Waals surface area contributed by atoms with E-state index in [0.29, 0.717) is 6.54 Å². The van der Waals surface area contributed by atoms with Crippen LogP contribution in [0.15, 0.2) is 29.4 Å². The standard InChI is InChI=1S/C12H18N4.HI/c1-13-12(15-8-10-5-6-10)16-9-11-4-2-3-7-14-11;/h2-4,7,10H,5-6,8-9H2,1H3,(H2,13,15,16);1H. The summed E-state index contributed by atoms with van der Waals surface area (Å²) < 4.78 is 0. The van der Waals surface area contributed by atoms with E-state index in [-0.39, 0.29) is 24.0 Å². The minimum absolute atomic E-state index is 0. The maximum Gasteiger partial charge on any atom is 0.191 e. The lowest BCUT2D eigenvalue weighted by Crippen LogP contribution is -2.38. The first-order valence-corrected chi connectivity index (χ1v) is 5.73. The topological polar surface area (TPSA) is 49.3 Å². The summed E-state index contributed by atoms with van der Waals surface area (Å²) in [4.78, 5) is 8.42. The van der Waals surface area contributed by atoms with Crippen molar-refractivity contribution in [3.05, 3.63) is 30.1 Å². The Balaban J connectivity index is 0.00000144. The Bertz CT molecular complexity index is 349. The Morgan fingerprint density at radius 1 is 1.41 bits per heavy atom. The van der Waals surface area contributed by atoms with Crippen molar-refractivity contribution in [2.75, 3.05) is 13.6 Å². The summed E-state index contributed by atoms with van der Waals surface area (Å²) in [6.07, 6.45) is 4.51. The highest BCUT2D eigenvalue weighted by molar-refractivity contribution is 14.0. The molecule has 4 nitrogen and oxygen atoms in total. The molecule has 94 valence electrons. The van der Waals surface area contributed by atoms with Crippen LogP contribution in [0.5, 0.6) is 0 Å². The molecule has 0 saturated heterocycles. The van der Waals surface area contributed by atoms with Gasteiger partial charge in [0.15, 0.2) is 5.96 Å². The van der Waals surface area contributed by atoms with Gasteiger partial charge in [-0.15, -0.1) is 24.0 Å². The highest BCUT2D eigenvalue weighted by Gasteiger charge is 2.20. The van der Waals surface area contributed by atoms with E-state index >= 15 is 0 Å². The third kappa shape index (κ3) is 5.34. The maximum absolute atomic E-state index is 4.25. The van der Waals surface area contributed by atoms with Gasteiger partial charge in [0, 0.05) is 19.8 Å². The predicted molar refractivity (Wildman–Crippen MR) is 80.6 cm³/mol. The lowest BCUT2D eigenvalue weighted by atomic mass is 10.3. The first-order valence-electron chi connectivity index (χ1n) is 5.73. The number of pyridine rings is 1. The van der Waals surface area contributed by atoms with Gasteiger partial charge in [0.05, 0.1) is 12.2 Å². The molecule has 0 aliphatic heterocycles. The number of hydrogen-bond donors (Lipinski definition) is 2. The highest BCUT2D eigenvalue weighted by atomic mass is 127. The zero-order valence-corrected chi connectivity index (χ0v) is 12.3. The van der Waals surface area contributed by atoms with E-state index in [0.717, 1.165) is 24.1 Å². The fourth-order valence-corrected chi connectivity index (χ4v) is 1.46. The third-order valence-electron chi connectivity index (χ3n) is 2.64. The van der Waals surface area contributed by atoms with Crippen molar-refractivity contribution in [1.29, 1.82) is 0 Å². The lowest BCUT2D eigenvalue weighted by molar-refractivity contribution is 0.733. The van der Waals surface area contributed by atoms with Gasteiger partial charge in [-0.05, 0) is 30.9 Å². The molecule has 0 unspecified atom stereocenters. The number of halogens is 1. The van der Waals surface area contributed by atoms with Crippen LogP contribution in [0.4, 0.5) is 0 Å². The Morgan fingerprint density at radius 2 is 2.24 bits per heavy atom. The van der Waals surface area contributed by atoms with Gasteiger partial charge >= 0.3 is 0 Å². The predicted octanol–water partition coefficient (Wildman–Crippen LogP) is 1.77.